The summed E-state index contributed by atoms with van der Waals surface area (Å²) in [5.74, 6) is -0.572. The largest absolute Gasteiger partial charge is 0.466 e. The Bertz CT molecular complexity index is 1410. The Balaban J connectivity index is 1.33. The van der Waals surface area contributed by atoms with Gasteiger partial charge in [-0.15, -0.1) is 10.2 Å². The van der Waals surface area contributed by atoms with Crippen LogP contribution in [-0.2, 0) is 17.9 Å². The molecule has 12 nitrogen and oxygen atoms in total. The van der Waals surface area contributed by atoms with Gasteiger partial charge in [0.25, 0.3) is 11.5 Å². The second-order valence-electron chi connectivity index (χ2n) is 7.30. The van der Waals surface area contributed by atoms with Gasteiger partial charge < -0.3 is 19.2 Å². The molecule has 1 atom stereocenters. The van der Waals surface area contributed by atoms with E-state index in [0.717, 1.165) is 10.9 Å². The molecule has 0 unspecified atom stereocenters. The topological polar surface area (TPSA) is 141 Å². The molecule has 0 bridgehead atoms. The van der Waals surface area contributed by atoms with Gasteiger partial charge in [0, 0.05) is 18.5 Å². The lowest BCUT2D eigenvalue weighted by atomic mass is 10.2. The lowest BCUT2D eigenvalue weighted by Crippen LogP contribution is -2.41. The van der Waals surface area contributed by atoms with Gasteiger partial charge in [0.05, 0.1) is 18.1 Å². The zero-order valence-corrected chi connectivity index (χ0v) is 17.7. The monoisotopic (exact) mass is 475 g/mol. The van der Waals surface area contributed by atoms with E-state index in [2.05, 4.69) is 20.4 Å². The second-order valence-corrected chi connectivity index (χ2v) is 7.71. The first-order valence-electron chi connectivity index (χ1n) is 9.62. The summed E-state index contributed by atoms with van der Waals surface area (Å²) < 4.78 is 25.5. The smallest absolute Gasteiger partial charge is 0.281 e. The number of tetrazole rings is 1. The summed E-state index contributed by atoms with van der Waals surface area (Å²) >= 11 is 5.77. The van der Waals surface area contributed by atoms with Gasteiger partial charge >= 0.3 is 0 Å². The van der Waals surface area contributed by atoms with Crippen molar-refractivity contribution in [2.45, 2.75) is 19.2 Å². The molecule has 0 radical (unpaired) electrons. The molecule has 0 spiro atoms. The van der Waals surface area contributed by atoms with Crippen molar-refractivity contribution in [3.63, 3.8) is 0 Å². The summed E-state index contributed by atoms with van der Waals surface area (Å²) in [6, 6.07) is 4.08. The Morgan fingerprint density at radius 1 is 1.30 bits per heavy atom. The number of benzene rings is 1. The number of aliphatic hydroxyl groups excluding tert-OH is 1. The molecule has 0 aliphatic carbocycles. The van der Waals surface area contributed by atoms with Crippen LogP contribution < -0.4 is 15.2 Å². The van der Waals surface area contributed by atoms with Crippen LogP contribution in [0.3, 0.4) is 0 Å². The van der Waals surface area contributed by atoms with Gasteiger partial charge in [-0.1, -0.05) is 11.6 Å². The highest BCUT2D eigenvalue weighted by atomic mass is 35.5. The summed E-state index contributed by atoms with van der Waals surface area (Å²) in [5, 5.41) is 22.9. The Morgan fingerprint density at radius 2 is 2.12 bits per heavy atom. The van der Waals surface area contributed by atoms with E-state index in [4.69, 9.17) is 20.8 Å². The van der Waals surface area contributed by atoms with Crippen LogP contribution in [0.25, 0.3) is 11.0 Å². The van der Waals surface area contributed by atoms with Crippen molar-refractivity contribution in [3.05, 3.63) is 57.3 Å². The first-order valence-corrected chi connectivity index (χ1v) is 10.00. The minimum atomic E-state index is -1.15. The lowest BCUT2D eigenvalue weighted by Gasteiger charge is -2.24. The number of halogens is 2. The predicted octanol–water partition coefficient (Wildman–Crippen LogP) is 0.906. The summed E-state index contributed by atoms with van der Waals surface area (Å²) in [6.07, 6.45) is 0.116. The Hall–Kier alpha value is -3.84. The number of nitrogens with zero attached hydrogens (tertiary/aromatic N) is 7. The maximum atomic E-state index is 13.6. The highest BCUT2D eigenvalue weighted by Gasteiger charge is 2.27. The van der Waals surface area contributed by atoms with Gasteiger partial charge in [-0.2, -0.15) is 4.80 Å². The summed E-state index contributed by atoms with van der Waals surface area (Å²) in [6.45, 7) is -0.365. The molecule has 1 aliphatic rings. The predicted molar refractivity (Wildman–Crippen MR) is 110 cm³/mol. The molecule has 3 aromatic heterocycles. The molecule has 0 saturated heterocycles. The van der Waals surface area contributed by atoms with Crippen molar-refractivity contribution in [2.24, 2.45) is 0 Å². The van der Waals surface area contributed by atoms with Crippen LogP contribution in [-0.4, -0.2) is 54.4 Å². The summed E-state index contributed by atoms with van der Waals surface area (Å²) in [5.41, 5.74) is -0.233. The Labute approximate surface area is 188 Å². The quantitative estimate of drug-likeness (QED) is 0.445. The van der Waals surface area contributed by atoms with Crippen LogP contribution in [0.5, 0.6) is 5.88 Å². The number of furan rings is 1. The van der Waals surface area contributed by atoms with E-state index in [1.54, 1.807) is 6.07 Å². The van der Waals surface area contributed by atoms with E-state index >= 15 is 0 Å². The number of likely N-dealkylation sites (N-methyl/N-ethyl adjacent to an activating group) is 1. The fraction of sp³-hybridized carbons (Fsp3) is 0.263. The molecule has 1 aliphatic heterocycles. The van der Waals surface area contributed by atoms with Crippen molar-refractivity contribution in [2.75, 3.05) is 18.6 Å². The average Bonchev–Trinajstić information content (AvgIpc) is 3.39. The van der Waals surface area contributed by atoms with Crippen molar-refractivity contribution < 1.29 is 23.4 Å². The summed E-state index contributed by atoms with van der Waals surface area (Å²) in [7, 11) is 1.47. The number of hydrogen-bond acceptors (Lipinski definition) is 9. The number of amides is 1. The van der Waals surface area contributed by atoms with Crippen LogP contribution in [0.2, 0.25) is 5.02 Å². The SMILES string of the molecule is CN1C(=O)COc2ncn(Cc3nnn(C[C@H](O)c4cc5cc(Cl)c(F)cc5o4)n3)c(=O)c21. The first-order chi connectivity index (χ1) is 15.8. The molecule has 1 aromatic carbocycles. The molecular formula is C19H15ClFN7O5. The molecule has 0 saturated carbocycles. The number of anilines is 1. The number of carbonyl (C=O) groups excluding carboxylic acids is 1. The number of rotatable bonds is 5. The molecule has 170 valence electrons. The third-order valence-electron chi connectivity index (χ3n) is 5.07. The normalized spacial score (nSPS) is 14.4. The van der Waals surface area contributed by atoms with Gasteiger partial charge in [0.2, 0.25) is 5.88 Å². The fourth-order valence-corrected chi connectivity index (χ4v) is 3.53. The van der Waals surface area contributed by atoms with Gasteiger partial charge in [-0.05, 0) is 17.3 Å². The van der Waals surface area contributed by atoms with Crippen LogP contribution in [0.4, 0.5) is 10.1 Å². The number of aromatic nitrogens is 6. The van der Waals surface area contributed by atoms with Crippen LogP contribution in [0, 0.1) is 5.82 Å². The fourth-order valence-electron chi connectivity index (χ4n) is 3.35. The molecule has 0 fully saturated rings. The third kappa shape index (κ3) is 3.81. The molecule has 4 heterocycles. The van der Waals surface area contributed by atoms with E-state index in [1.807, 2.05) is 0 Å². The van der Waals surface area contributed by atoms with Crippen molar-refractivity contribution in [1.82, 2.24) is 29.8 Å². The van der Waals surface area contributed by atoms with Crippen molar-refractivity contribution in [3.8, 4) is 5.88 Å². The Morgan fingerprint density at radius 3 is 2.94 bits per heavy atom. The minimum Gasteiger partial charge on any atom is -0.466 e. The maximum Gasteiger partial charge on any atom is 0.281 e. The molecule has 1 N–H and O–H groups in total. The highest BCUT2D eigenvalue weighted by Crippen LogP contribution is 2.29. The van der Waals surface area contributed by atoms with E-state index in [0.29, 0.717) is 5.39 Å². The van der Waals surface area contributed by atoms with E-state index < -0.39 is 17.5 Å². The Kier molecular flexibility index (Phi) is 5.06. The van der Waals surface area contributed by atoms with Crippen molar-refractivity contribution in [1.29, 1.82) is 0 Å². The molecule has 4 aromatic rings. The van der Waals surface area contributed by atoms with Crippen LogP contribution in [0.1, 0.15) is 17.7 Å². The molecular weight excluding hydrogens is 461 g/mol. The highest BCUT2D eigenvalue weighted by molar-refractivity contribution is 6.31. The van der Waals surface area contributed by atoms with Gasteiger partial charge in [0.15, 0.2) is 18.1 Å². The molecule has 1 amide bonds. The number of fused-ring (bicyclic) bond motifs is 2. The van der Waals surface area contributed by atoms with Gasteiger partial charge in [-0.25, -0.2) is 9.37 Å². The molecule has 14 heteroatoms. The zero-order valence-electron chi connectivity index (χ0n) is 17.0. The third-order valence-corrected chi connectivity index (χ3v) is 5.36. The lowest BCUT2D eigenvalue weighted by molar-refractivity contribution is -0.121. The van der Waals surface area contributed by atoms with E-state index in [-0.39, 0.29) is 59.4 Å². The van der Waals surface area contributed by atoms with Gasteiger partial charge in [0.1, 0.15) is 29.6 Å². The minimum absolute atomic E-state index is 0.0259. The second kappa shape index (κ2) is 7.94. The first kappa shape index (κ1) is 21.0. The summed E-state index contributed by atoms with van der Waals surface area (Å²) in [4.78, 5) is 31.0. The number of hydrogen-bond donors (Lipinski definition) is 1. The van der Waals surface area contributed by atoms with Crippen LogP contribution in [0.15, 0.2) is 33.7 Å². The molecule has 5 rings (SSSR count). The van der Waals surface area contributed by atoms with Gasteiger partial charge in [-0.3, -0.25) is 14.2 Å². The number of aliphatic hydroxyl groups is 1. The number of carbonyl (C=O) groups is 1. The standard InChI is InChI=1S/C19H15ClFN7O5/c1-26-16(30)7-32-18-17(26)19(31)27(8-22-18)6-15-23-25-28(24-15)5-12(29)14-3-9-2-10(20)11(21)4-13(9)33-14/h2-4,8,12,29H,5-7H2,1H3/t12-/m0/s1. The van der Waals surface area contributed by atoms with E-state index in [9.17, 15) is 19.1 Å². The van der Waals surface area contributed by atoms with Crippen molar-refractivity contribution >= 4 is 34.2 Å². The zero-order chi connectivity index (χ0) is 23.3. The number of ether oxygens (including phenoxy) is 1. The van der Waals surface area contributed by atoms with Crippen LogP contribution >= 0.6 is 11.6 Å². The van der Waals surface area contributed by atoms with E-state index in [1.165, 1.54) is 28.9 Å². The maximum absolute atomic E-state index is 13.6. The average molecular weight is 476 g/mol. The molecule has 33 heavy (non-hydrogen) atoms.